The van der Waals surface area contributed by atoms with Gasteiger partial charge in [0.1, 0.15) is 11.6 Å². The summed E-state index contributed by atoms with van der Waals surface area (Å²) in [5, 5.41) is 0. The summed E-state index contributed by atoms with van der Waals surface area (Å²) in [6.07, 6.45) is 0. The van der Waals surface area contributed by atoms with Gasteiger partial charge in [-0.15, -0.1) is 0 Å². The van der Waals surface area contributed by atoms with E-state index in [0.717, 1.165) is 0 Å². The molecule has 1 heterocycles. The minimum absolute atomic E-state index is 0.158. The summed E-state index contributed by atoms with van der Waals surface area (Å²) in [4.78, 5) is 18.6. The van der Waals surface area contributed by atoms with Crippen LogP contribution in [0.4, 0.5) is 4.39 Å². The molecule has 1 N–H and O–H groups in total. The molecule has 88 valence electrons. The molecule has 0 fully saturated rings. The lowest BCUT2D eigenvalue weighted by molar-refractivity contribution is 0.618. The number of aryl methyl sites for hydroxylation is 2. The summed E-state index contributed by atoms with van der Waals surface area (Å²) < 4.78 is 13.1. The van der Waals surface area contributed by atoms with Crippen molar-refractivity contribution in [3.8, 4) is 11.4 Å². The first-order chi connectivity index (χ1) is 7.99. The van der Waals surface area contributed by atoms with Crippen LogP contribution in [-0.2, 0) is 0 Å². The summed E-state index contributed by atoms with van der Waals surface area (Å²) in [5.41, 5.74) is 2.38. The first-order valence-electron chi connectivity index (χ1n) is 5.33. The molecule has 1 aromatic heterocycles. The third-order valence-corrected chi connectivity index (χ3v) is 2.83. The predicted molar refractivity (Wildman–Crippen MR) is 64.5 cm³/mol. The molecule has 0 saturated carbocycles. The van der Waals surface area contributed by atoms with E-state index in [9.17, 15) is 9.18 Å². The van der Waals surface area contributed by atoms with Gasteiger partial charge in [0.25, 0.3) is 5.56 Å². The van der Waals surface area contributed by atoms with E-state index in [0.29, 0.717) is 28.2 Å². The fourth-order valence-electron chi connectivity index (χ4n) is 1.57. The third kappa shape index (κ3) is 2.11. The van der Waals surface area contributed by atoms with Crippen molar-refractivity contribution in [2.24, 2.45) is 0 Å². The van der Waals surface area contributed by atoms with Crippen LogP contribution in [-0.4, -0.2) is 9.97 Å². The Morgan fingerprint density at radius 2 is 1.94 bits per heavy atom. The van der Waals surface area contributed by atoms with E-state index < -0.39 is 0 Å². The van der Waals surface area contributed by atoms with Crippen LogP contribution < -0.4 is 5.56 Å². The molecule has 0 spiro atoms. The molecule has 3 nitrogen and oxygen atoms in total. The Kier molecular flexibility index (Phi) is 2.79. The van der Waals surface area contributed by atoms with Crippen molar-refractivity contribution < 1.29 is 4.39 Å². The number of rotatable bonds is 1. The van der Waals surface area contributed by atoms with Crippen molar-refractivity contribution in [1.82, 2.24) is 9.97 Å². The molecule has 0 aliphatic heterocycles. The molecule has 0 unspecified atom stereocenters. The fourth-order valence-corrected chi connectivity index (χ4v) is 1.57. The fraction of sp³-hybridized carbons (Fsp3) is 0.231. The maximum absolute atomic E-state index is 13.1. The van der Waals surface area contributed by atoms with Crippen LogP contribution in [0.2, 0.25) is 0 Å². The number of H-pyrrole nitrogens is 1. The topological polar surface area (TPSA) is 45.8 Å². The first kappa shape index (κ1) is 11.5. The van der Waals surface area contributed by atoms with Gasteiger partial charge in [-0.3, -0.25) is 4.79 Å². The molecule has 0 aliphatic carbocycles. The molecule has 0 bridgehead atoms. The van der Waals surface area contributed by atoms with Gasteiger partial charge in [-0.05, 0) is 44.5 Å². The van der Waals surface area contributed by atoms with Crippen molar-refractivity contribution in [1.29, 1.82) is 0 Å². The van der Waals surface area contributed by atoms with E-state index in [-0.39, 0.29) is 11.4 Å². The molecule has 0 aliphatic rings. The normalized spacial score (nSPS) is 10.6. The Bertz CT molecular complexity index is 632. The number of hydrogen-bond donors (Lipinski definition) is 1. The quantitative estimate of drug-likeness (QED) is 0.821. The van der Waals surface area contributed by atoms with Crippen LogP contribution in [0.25, 0.3) is 11.4 Å². The molecule has 17 heavy (non-hydrogen) atoms. The first-order valence-corrected chi connectivity index (χ1v) is 5.33. The standard InChI is InChI=1S/C13H13FN2O/c1-7-6-10(4-5-11(7)14)12-15-9(3)8(2)13(17)16-12/h4-6H,1-3H3,(H,15,16,17). The number of halogens is 1. The summed E-state index contributed by atoms with van der Waals surface area (Å²) in [5.74, 6) is 0.209. The van der Waals surface area contributed by atoms with Gasteiger partial charge in [0.2, 0.25) is 0 Å². The van der Waals surface area contributed by atoms with E-state index in [2.05, 4.69) is 9.97 Å². The Morgan fingerprint density at radius 3 is 2.53 bits per heavy atom. The van der Waals surface area contributed by atoms with Crippen LogP contribution in [0.1, 0.15) is 16.8 Å². The number of aromatic amines is 1. The van der Waals surface area contributed by atoms with Gasteiger partial charge in [-0.25, -0.2) is 9.37 Å². The largest absolute Gasteiger partial charge is 0.306 e. The maximum Gasteiger partial charge on any atom is 0.254 e. The zero-order valence-electron chi connectivity index (χ0n) is 9.97. The third-order valence-electron chi connectivity index (χ3n) is 2.83. The van der Waals surface area contributed by atoms with Gasteiger partial charge in [-0.2, -0.15) is 0 Å². The number of nitrogens with zero attached hydrogens (tertiary/aromatic N) is 1. The van der Waals surface area contributed by atoms with E-state index in [1.807, 2.05) is 0 Å². The van der Waals surface area contributed by atoms with E-state index >= 15 is 0 Å². The highest BCUT2D eigenvalue weighted by Crippen LogP contribution is 2.17. The SMILES string of the molecule is Cc1cc(-c2nc(C)c(C)c(=O)[nH]2)ccc1F. The van der Waals surface area contributed by atoms with Gasteiger partial charge in [-0.1, -0.05) is 0 Å². The highest BCUT2D eigenvalue weighted by molar-refractivity contribution is 5.56. The van der Waals surface area contributed by atoms with Crippen molar-refractivity contribution in [2.45, 2.75) is 20.8 Å². The minimum Gasteiger partial charge on any atom is -0.306 e. The van der Waals surface area contributed by atoms with Gasteiger partial charge in [0, 0.05) is 16.8 Å². The van der Waals surface area contributed by atoms with Crippen molar-refractivity contribution >= 4 is 0 Å². The van der Waals surface area contributed by atoms with Gasteiger partial charge in [0.05, 0.1) is 0 Å². The summed E-state index contributed by atoms with van der Waals surface area (Å²) in [6.45, 7) is 5.18. The Labute approximate surface area is 98.3 Å². The van der Waals surface area contributed by atoms with Crippen LogP contribution in [0, 0.1) is 26.6 Å². The Morgan fingerprint density at radius 1 is 1.24 bits per heavy atom. The van der Waals surface area contributed by atoms with Crippen LogP contribution in [0.15, 0.2) is 23.0 Å². The Hall–Kier alpha value is -1.97. The molecule has 0 saturated heterocycles. The van der Waals surface area contributed by atoms with Gasteiger partial charge >= 0.3 is 0 Å². The maximum atomic E-state index is 13.1. The molecular formula is C13H13FN2O. The monoisotopic (exact) mass is 232 g/mol. The van der Waals surface area contributed by atoms with Crippen molar-refractivity contribution in [3.05, 3.63) is 51.2 Å². The number of benzene rings is 1. The molecule has 0 atom stereocenters. The highest BCUT2D eigenvalue weighted by atomic mass is 19.1. The van der Waals surface area contributed by atoms with Crippen LogP contribution in [0.3, 0.4) is 0 Å². The van der Waals surface area contributed by atoms with Crippen LogP contribution in [0.5, 0.6) is 0 Å². The van der Waals surface area contributed by atoms with E-state index in [1.165, 1.54) is 6.07 Å². The minimum atomic E-state index is -0.264. The Balaban J connectivity index is 2.61. The molecule has 4 heteroatoms. The summed E-state index contributed by atoms with van der Waals surface area (Å²) >= 11 is 0. The number of nitrogens with one attached hydrogen (secondary N) is 1. The predicted octanol–water partition coefficient (Wildman–Crippen LogP) is 2.50. The lowest BCUT2D eigenvalue weighted by Crippen LogP contribution is -2.14. The molecule has 0 amide bonds. The molecule has 1 aromatic carbocycles. The molecular weight excluding hydrogens is 219 g/mol. The lowest BCUT2D eigenvalue weighted by Gasteiger charge is -2.05. The summed E-state index contributed by atoms with van der Waals surface area (Å²) in [6, 6.07) is 4.65. The van der Waals surface area contributed by atoms with Crippen LogP contribution >= 0.6 is 0 Å². The smallest absolute Gasteiger partial charge is 0.254 e. The number of aromatic nitrogens is 2. The van der Waals surface area contributed by atoms with Crippen molar-refractivity contribution in [3.63, 3.8) is 0 Å². The summed E-state index contributed by atoms with van der Waals surface area (Å²) in [7, 11) is 0. The average Bonchev–Trinajstić information content (AvgIpc) is 2.29. The van der Waals surface area contributed by atoms with E-state index in [4.69, 9.17) is 0 Å². The van der Waals surface area contributed by atoms with E-state index in [1.54, 1.807) is 32.9 Å². The molecule has 0 radical (unpaired) electrons. The number of hydrogen-bond acceptors (Lipinski definition) is 2. The lowest BCUT2D eigenvalue weighted by atomic mass is 10.1. The van der Waals surface area contributed by atoms with Gasteiger partial charge < -0.3 is 4.98 Å². The second-order valence-corrected chi connectivity index (χ2v) is 4.09. The highest BCUT2D eigenvalue weighted by Gasteiger charge is 2.07. The van der Waals surface area contributed by atoms with Gasteiger partial charge in [0.15, 0.2) is 0 Å². The zero-order valence-corrected chi connectivity index (χ0v) is 9.97. The molecule has 2 aromatic rings. The zero-order chi connectivity index (χ0) is 12.6. The van der Waals surface area contributed by atoms with Crippen molar-refractivity contribution in [2.75, 3.05) is 0 Å². The second-order valence-electron chi connectivity index (χ2n) is 4.09. The average molecular weight is 232 g/mol. The second kappa shape index (κ2) is 4.13. The molecule has 2 rings (SSSR count).